The Morgan fingerprint density at radius 3 is 3.33 bits per heavy atom. The molecule has 0 spiro atoms. The van der Waals surface area contributed by atoms with E-state index in [1.165, 1.54) is 0 Å². The number of rotatable bonds is 0. The van der Waals surface area contributed by atoms with Crippen LogP contribution in [-0.4, -0.2) is 15.3 Å². The summed E-state index contributed by atoms with van der Waals surface area (Å²) in [6.45, 7) is 0. The predicted molar refractivity (Wildman–Crippen MR) is 28.4 cm³/mol. The molecule has 0 saturated heterocycles. The van der Waals surface area contributed by atoms with Crippen molar-refractivity contribution < 1.29 is 4.63 Å². The van der Waals surface area contributed by atoms with E-state index in [2.05, 4.69) is 26.0 Å². The van der Waals surface area contributed by atoms with Crippen LogP contribution in [0.4, 0.5) is 0 Å². The Labute approximate surface area is 50.5 Å². The molecule has 2 aromatic rings. The highest BCUT2D eigenvalue weighted by molar-refractivity contribution is 5.66. The van der Waals surface area contributed by atoms with Crippen molar-refractivity contribution in [3.63, 3.8) is 0 Å². The average Bonchev–Trinajstić information content (AvgIpc) is 2.33. The zero-order valence-electron chi connectivity index (χ0n) is 4.40. The van der Waals surface area contributed by atoms with Gasteiger partial charge in [0.25, 0.3) is 0 Å². The molecule has 2 rings (SSSR count). The Kier molecular flexibility index (Phi) is 0.745. The molecule has 2 aromatic heterocycles. The lowest BCUT2D eigenvalue weighted by molar-refractivity contribution is 0.314. The number of fused-ring (bicyclic) bond motifs is 1. The summed E-state index contributed by atoms with van der Waals surface area (Å²) in [5, 5.41) is 7.00. The van der Waals surface area contributed by atoms with Crippen molar-refractivity contribution in [3.05, 3.63) is 18.3 Å². The van der Waals surface area contributed by atoms with Crippen molar-refractivity contribution in [1.82, 2.24) is 15.3 Å². The number of aromatic nitrogens is 3. The zero-order chi connectivity index (χ0) is 6.10. The normalized spacial score (nSPS) is 10.2. The second-order valence-electron chi connectivity index (χ2n) is 1.53. The largest absolute Gasteiger partial charge is 0.242 e. The van der Waals surface area contributed by atoms with Crippen LogP contribution in [0.15, 0.2) is 16.9 Å². The quantitative estimate of drug-likeness (QED) is 0.505. The van der Waals surface area contributed by atoms with Gasteiger partial charge in [0.1, 0.15) is 0 Å². The minimum Gasteiger partial charge on any atom is -0.242 e. The molecule has 43 valence electrons. The fraction of sp³-hybridized carbons (Fsp3) is 0. The SMILES string of the molecule is [c]1ccnc2nonc12. The first-order valence-electron chi connectivity index (χ1n) is 2.42. The number of pyridine rings is 1. The van der Waals surface area contributed by atoms with E-state index in [-0.39, 0.29) is 0 Å². The highest BCUT2D eigenvalue weighted by Gasteiger charge is 1.95. The van der Waals surface area contributed by atoms with Crippen LogP contribution >= 0.6 is 0 Å². The maximum atomic E-state index is 4.37. The van der Waals surface area contributed by atoms with Crippen LogP contribution in [0.5, 0.6) is 0 Å². The minimum atomic E-state index is 0.498. The lowest BCUT2D eigenvalue weighted by Gasteiger charge is -1.74. The molecule has 4 heteroatoms. The lowest BCUT2D eigenvalue weighted by Crippen LogP contribution is -1.72. The molecule has 0 fully saturated rings. The number of hydrogen-bond acceptors (Lipinski definition) is 4. The summed E-state index contributed by atoms with van der Waals surface area (Å²) in [5.41, 5.74) is 1.06. The molecular weight excluding hydrogens is 118 g/mol. The van der Waals surface area contributed by atoms with Crippen molar-refractivity contribution in [2.75, 3.05) is 0 Å². The fourth-order valence-electron chi connectivity index (χ4n) is 0.584. The molecule has 0 aliphatic carbocycles. The molecule has 1 radical (unpaired) electrons. The van der Waals surface area contributed by atoms with Crippen LogP contribution in [0.1, 0.15) is 0 Å². The van der Waals surface area contributed by atoms with Gasteiger partial charge in [-0.25, -0.2) is 9.61 Å². The maximum Gasteiger partial charge on any atom is 0.224 e. The Balaban J connectivity index is 2.95. The van der Waals surface area contributed by atoms with Gasteiger partial charge in [-0.15, -0.1) is 0 Å². The molecule has 2 heterocycles. The summed E-state index contributed by atoms with van der Waals surface area (Å²) < 4.78 is 4.37. The van der Waals surface area contributed by atoms with Crippen LogP contribution in [0.3, 0.4) is 0 Å². The molecule has 0 aliphatic rings. The van der Waals surface area contributed by atoms with Gasteiger partial charge in [-0.05, 0) is 16.4 Å². The van der Waals surface area contributed by atoms with E-state index in [1.54, 1.807) is 12.3 Å². The predicted octanol–water partition coefficient (Wildman–Crippen LogP) is 0.418. The molecule has 0 saturated carbocycles. The van der Waals surface area contributed by atoms with Crippen molar-refractivity contribution >= 4 is 11.2 Å². The highest BCUT2D eigenvalue weighted by Crippen LogP contribution is 2.00. The molecule has 0 N–H and O–H groups in total. The summed E-state index contributed by atoms with van der Waals surface area (Å²) in [6, 6.07) is 4.46. The zero-order valence-corrected chi connectivity index (χ0v) is 4.40. The Morgan fingerprint density at radius 2 is 2.44 bits per heavy atom. The van der Waals surface area contributed by atoms with Gasteiger partial charge in [0.05, 0.1) is 0 Å². The topological polar surface area (TPSA) is 51.8 Å². The van der Waals surface area contributed by atoms with Gasteiger partial charge in [-0.1, -0.05) is 0 Å². The van der Waals surface area contributed by atoms with Gasteiger partial charge in [0.2, 0.25) is 5.65 Å². The van der Waals surface area contributed by atoms with E-state index in [1.807, 2.05) is 0 Å². The maximum absolute atomic E-state index is 4.37. The van der Waals surface area contributed by atoms with E-state index in [4.69, 9.17) is 0 Å². The second-order valence-corrected chi connectivity index (χ2v) is 1.53. The average molecular weight is 120 g/mol. The summed E-state index contributed by atoms with van der Waals surface area (Å²) in [5.74, 6) is 0. The summed E-state index contributed by atoms with van der Waals surface area (Å²) >= 11 is 0. The number of hydrogen-bond donors (Lipinski definition) is 0. The van der Waals surface area contributed by atoms with E-state index in [0.29, 0.717) is 11.2 Å². The standard InChI is InChI=1S/C5H2N3O/c1-2-4-5(6-3-1)8-9-7-4/h1,3H. The van der Waals surface area contributed by atoms with Gasteiger partial charge in [0.15, 0.2) is 5.52 Å². The van der Waals surface area contributed by atoms with Crippen molar-refractivity contribution in [2.45, 2.75) is 0 Å². The third-order valence-corrected chi connectivity index (χ3v) is 0.963. The minimum absolute atomic E-state index is 0.498. The van der Waals surface area contributed by atoms with Crippen LogP contribution in [0.25, 0.3) is 11.2 Å². The molecule has 0 aliphatic heterocycles. The van der Waals surface area contributed by atoms with E-state index in [9.17, 15) is 0 Å². The van der Waals surface area contributed by atoms with Gasteiger partial charge in [-0.3, -0.25) is 0 Å². The summed E-state index contributed by atoms with van der Waals surface area (Å²) in [6.07, 6.45) is 1.59. The molecule has 0 bridgehead atoms. The molecule has 0 unspecified atom stereocenters. The van der Waals surface area contributed by atoms with Crippen molar-refractivity contribution in [2.24, 2.45) is 0 Å². The van der Waals surface area contributed by atoms with Crippen LogP contribution < -0.4 is 0 Å². The summed E-state index contributed by atoms with van der Waals surface area (Å²) in [4.78, 5) is 3.84. The van der Waals surface area contributed by atoms with Gasteiger partial charge >= 0.3 is 0 Å². The van der Waals surface area contributed by atoms with Crippen molar-refractivity contribution in [3.8, 4) is 0 Å². The highest BCUT2D eigenvalue weighted by atomic mass is 16.6. The molecule has 0 amide bonds. The Bertz CT molecular complexity index is 286. The van der Waals surface area contributed by atoms with Gasteiger partial charge < -0.3 is 0 Å². The van der Waals surface area contributed by atoms with Gasteiger partial charge in [0, 0.05) is 12.3 Å². The molecule has 4 nitrogen and oxygen atoms in total. The van der Waals surface area contributed by atoms with Gasteiger partial charge in [-0.2, -0.15) is 0 Å². The van der Waals surface area contributed by atoms with Crippen LogP contribution in [0.2, 0.25) is 0 Å². The van der Waals surface area contributed by atoms with Crippen molar-refractivity contribution in [1.29, 1.82) is 0 Å². The van der Waals surface area contributed by atoms with Crippen LogP contribution in [0, 0.1) is 6.07 Å². The molecule has 0 aromatic carbocycles. The monoisotopic (exact) mass is 120 g/mol. The molecular formula is C5H2N3O. The Hall–Kier alpha value is -1.45. The van der Waals surface area contributed by atoms with Crippen LogP contribution in [-0.2, 0) is 0 Å². The van der Waals surface area contributed by atoms with E-state index >= 15 is 0 Å². The first kappa shape index (κ1) is 4.43. The summed E-state index contributed by atoms with van der Waals surface area (Å²) in [7, 11) is 0. The first-order valence-corrected chi connectivity index (χ1v) is 2.42. The smallest absolute Gasteiger partial charge is 0.224 e. The molecule has 0 atom stereocenters. The first-order chi connectivity index (χ1) is 4.47. The van der Waals surface area contributed by atoms with E-state index < -0.39 is 0 Å². The Morgan fingerprint density at radius 1 is 1.44 bits per heavy atom. The third kappa shape index (κ3) is 0.561. The second kappa shape index (κ2) is 1.51. The van der Waals surface area contributed by atoms with E-state index in [0.717, 1.165) is 0 Å². The fourth-order valence-corrected chi connectivity index (χ4v) is 0.584. The number of nitrogens with zero attached hydrogens (tertiary/aromatic N) is 3. The third-order valence-electron chi connectivity index (χ3n) is 0.963. The molecule has 9 heavy (non-hydrogen) atoms. The lowest BCUT2D eigenvalue weighted by atomic mass is 10.4.